The van der Waals surface area contributed by atoms with E-state index in [0.717, 1.165) is 48.8 Å². The predicted octanol–water partition coefficient (Wildman–Crippen LogP) is 10.2. The molecule has 8 N–H and O–H groups in total. The molecule has 2 heterocycles. The number of nitrogens with zero attached hydrogens (tertiary/aromatic N) is 2. The molecular weight excluding hydrogens is 1050 g/mol. The van der Waals surface area contributed by atoms with Gasteiger partial charge in [-0.25, -0.2) is 13.9 Å². The summed E-state index contributed by atoms with van der Waals surface area (Å²) in [7, 11) is -10.9. The summed E-state index contributed by atoms with van der Waals surface area (Å²) in [6, 6.07) is 1.24. The fourth-order valence-corrected chi connectivity index (χ4v) is 10.2. The van der Waals surface area contributed by atoms with Crippen LogP contribution in [0.15, 0.2) is 90.0 Å². The summed E-state index contributed by atoms with van der Waals surface area (Å²) in [6.45, 7) is 4.13. The molecule has 22 heteroatoms. The van der Waals surface area contributed by atoms with Gasteiger partial charge >= 0.3 is 33.3 Å². The summed E-state index contributed by atoms with van der Waals surface area (Å²) in [6.07, 6.45) is 36.2. The van der Waals surface area contributed by atoms with Crippen LogP contribution in [-0.4, -0.2) is 108 Å². The van der Waals surface area contributed by atoms with E-state index in [1.54, 1.807) is 42.5 Å². The lowest BCUT2D eigenvalue weighted by molar-refractivity contribution is -0.161. The minimum absolute atomic E-state index is 0.00650. The highest BCUT2D eigenvalue weighted by Gasteiger charge is 2.46. The van der Waals surface area contributed by atoms with E-state index in [-0.39, 0.29) is 18.7 Å². The molecule has 0 bridgehead atoms. The summed E-state index contributed by atoms with van der Waals surface area (Å²) in [5.74, 6) is -0.693. The summed E-state index contributed by atoms with van der Waals surface area (Å²) in [4.78, 5) is 62.1. The van der Waals surface area contributed by atoms with Crippen molar-refractivity contribution >= 4 is 33.4 Å². The first-order valence-electron chi connectivity index (χ1n) is 28.0. The van der Waals surface area contributed by atoms with Crippen molar-refractivity contribution in [2.75, 3.05) is 25.6 Å². The van der Waals surface area contributed by atoms with Crippen molar-refractivity contribution < 1.29 is 76.5 Å². The Balaban J connectivity index is 1.82. The van der Waals surface area contributed by atoms with Crippen LogP contribution in [0.1, 0.15) is 181 Å². The van der Waals surface area contributed by atoms with Gasteiger partial charge in [0.15, 0.2) is 12.3 Å². The van der Waals surface area contributed by atoms with E-state index in [1.807, 2.05) is 37.3 Å². The first-order chi connectivity index (χ1) is 37.3. The predicted molar refractivity (Wildman–Crippen MR) is 300 cm³/mol. The molecule has 9 atom stereocenters. The molecule has 78 heavy (non-hydrogen) atoms. The minimum atomic E-state index is -5.47. The molecule has 1 aromatic heterocycles. The van der Waals surface area contributed by atoms with E-state index in [9.17, 15) is 53.7 Å². The Morgan fingerprint density at radius 2 is 1.31 bits per heavy atom. The second-order valence-corrected chi connectivity index (χ2v) is 23.0. The number of unbranched alkanes of at least 4 members (excludes halogenated alkanes) is 16. The number of hydrogen-bond donors (Lipinski definition) is 7. The number of ether oxygens (including phenoxy) is 3. The van der Waals surface area contributed by atoms with Crippen molar-refractivity contribution in [2.24, 2.45) is 5.92 Å². The molecule has 1 aliphatic heterocycles. The van der Waals surface area contributed by atoms with Crippen LogP contribution in [0.25, 0.3) is 0 Å². The molecule has 1 aromatic rings. The molecule has 0 radical (unpaired) electrons. The Kier molecular flexibility index (Phi) is 37.8. The Morgan fingerprint density at radius 3 is 1.91 bits per heavy atom. The van der Waals surface area contributed by atoms with Gasteiger partial charge in [0.2, 0.25) is 0 Å². The number of carbonyl (C=O) groups excluding carboxylic acids is 2. The zero-order valence-electron chi connectivity index (χ0n) is 46.3. The van der Waals surface area contributed by atoms with Gasteiger partial charge in [0.25, 0.3) is 0 Å². The summed E-state index contributed by atoms with van der Waals surface area (Å²) < 4.78 is 56.8. The van der Waals surface area contributed by atoms with E-state index >= 15 is 0 Å². The zero-order chi connectivity index (χ0) is 57.4. The SMILES string of the molecule is CC/C=C\C[C@@H](O)/C=C/C=C\C/C=C\C=C\[C@@H](O)/C=C\CCCC(=O)OC[C@H](COP(=O)(O)OP(=O)(O)OC[C@H]1O[C@@H](n2ccc(N)nc2=O)[C@H](O)[C@@H]1O)OC(=O)CCCCCCCCCCCCCCCCCCC(C)C. The molecule has 0 aliphatic carbocycles. The second-order valence-electron chi connectivity index (χ2n) is 19.9. The average molecular weight is 1140 g/mol. The molecule has 1 saturated heterocycles. The highest BCUT2D eigenvalue weighted by atomic mass is 31.3. The molecule has 0 saturated carbocycles. The zero-order valence-corrected chi connectivity index (χ0v) is 48.1. The summed E-state index contributed by atoms with van der Waals surface area (Å²) in [5, 5.41) is 41.1. The molecule has 0 aromatic carbocycles. The molecule has 2 rings (SSSR count). The van der Waals surface area contributed by atoms with Gasteiger partial charge in [0.1, 0.15) is 30.7 Å². The molecule has 1 fully saturated rings. The van der Waals surface area contributed by atoms with Crippen molar-refractivity contribution in [2.45, 2.75) is 218 Å². The number of aliphatic hydroxyl groups excluding tert-OH is 4. The molecule has 0 amide bonds. The number of nitrogen functional groups attached to an aromatic ring is 1. The third-order valence-corrected chi connectivity index (χ3v) is 15.0. The highest BCUT2D eigenvalue weighted by Crippen LogP contribution is 2.60. The Labute approximate surface area is 462 Å². The summed E-state index contributed by atoms with van der Waals surface area (Å²) >= 11 is 0. The maximum atomic E-state index is 12.9. The lowest BCUT2D eigenvalue weighted by Crippen LogP contribution is -2.36. The summed E-state index contributed by atoms with van der Waals surface area (Å²) in [5.41, 5.74) is 4.58. The third-order valence-electron chi connectivity index (χ3n) is 12.4. The fraction of sp³-hybridized carbons (Fsp3) is 0.679. The molecule has 444 valence electrons. The number of carbonyl (C=O) groups is 2. The molecule has 0 spiro atoms. The number of rotatable bonds is 45. The van der Waals surface area contributed by atoms with Crippen molar-refractivity contribution in [3.05, 3.63) is 95.7 Å². The lowest BCUT2D eigenvalue weighted by atomic mass is 10.0. The van der Waals surface area contributed by atoms with Crippen LogP contribution >= 0.6 is 15.6 Å². The van der Waals surface area contributed by atoms with Crippen LogP contribution in [0.3, 0.4) is 0 Å². The van der Waals surface area contributed by atoms with Gasteiger partial charge in [-0.3, -0.25) is 23.2 Å². The van der Waals surface area contributed by atoms with Crippen molar-refractivity contribution in [1.29, 1.82) is 0 Å². The maximum absolute atomic E-state index is 12.9. The fourth-order valence-electron chi connectivity index (χ4n) is 8.06. The standard InChI is InChI=1S/C56H93N3O17P2/c1-4-5-26-34-46(60)35-28-22-18-16-19-23-29-36-47(61)37-30-25-32-38-51(62)71-42-48(74-52(63)39-31-24-20-15-13-11-9-7-6-8-10-12-14-17-21-27-33-45(2)3)43-72-77(67,68)76-78(69,70)73-44-49-53(64)54(65)55(75-49)59-41-40-50(57)58-56(59)66/h5,18-19,22-23,26,28-30,35-37,40-41,45-49,53-55,60-61,64-65H,4,6-17,20-21,24-25,27,31-34,38-39,42-44H2,1-3H3,(H,67,68)(H,69,70)(H2,57,58,66)/b22-18-,23-19-,26-5-,35-28+,36-29+,37-30-/t46-,47-,48-,49-,53-,54-,55-/m1/s1. The first kappa shape index (κ1) is 70.2. The van der Waals surface area contributed by atoms with Gasteiger partial charge in [-0.1, -0.05) is 196 Å². The second kappa shape index (κ2) is 42.0. The van der Waals surface area contributed by atoms with E-state index < -0.39 is 95.9 Å². The average Bonchev–Trinajstić information content (AvgIpc) is 3.66. The Morgan fingerprint density at radius 1 is 0.731 bits per heavy atom. The van der Waals surface area contributed by atoms with Gasteiger partial charge in [-0.15, -0.1) is 0 Å². The van der Waals surface area contributed by atoms with E-state index in [4.69, 9.17) is 29.0 Å². The van der Waals surface area contributed by atoms with Gasteiger partial charge < -0.3 is 50.2 Å². The van der Waals surface area contributed by atoms with Crippen LogP contribution in [0.4, 0.5) is 5.82 Å². The smallest absolute Gasteiger partial charge is 0.462 e. The third kappa shape index (κ3) is 35.0. The van der Waals surface area contributed by atoms with Gasteiger partial charge in [0, 0.05) is 19.0 Å². The lowest BCUT2D eigenvalue weighted by Gasteiger charge is -2.21. The highest BCUT2D eigenvalue weighted by molar-refractivity contribution is 7.61. The normalized spacial score (nSPS) is 20.0. The van der Waals surface area contributed by atoms with Crippen LogP contribution in [-0.2, 0) is 46.3 Å². The molecular formula is C56H93N3O17P2. The number of phosphoric acid groups is 2. The number of esters is 2. The van der Waals surface area contributed by atoms with E-state index in [1.165, 1.54) is 83.1 Å². The first-order valence-corrected chi connectivity index (χ1v) is 31.0. The van der Waals surface area contributed by atoms with Crippen LogP contribution in [0.2, 0.25) is 0 Å². The molecule has 2 unspecified atom stereocenters. The molecule has 20 nitrogen and oxygen atoms in total. The Bertz CT molecular complexity index is 2150. The number of aliphatic hydroxyl groups is 4. The number of hydrogen-bond acceptors (Lipinski definition) is 17. The van der Waals surface area contributed by atoms with E-state index in [2.05, 4.69) is 23.1 Å². The van der Waals surface area contributed by atoms with Crippen molar-refractivity contribution in [3.63, 3.8) is 0 Å². The number of nitrogens with two attached hydrogens (primary N) is 1. The van der Waals surface area contributed by atoms with Gasteiger partial charge in [0.05, 0.1) is 25.4 Å². The van der Waals surface area contributed by atoms with Crippen molar-refractivity contribution in [3.8, 4) is 0 Å². The van der Waals surface area contributed by atoms with Crippen molar-refractivity contribution in [1.82, 2.24) is 9.55 Å². The Hall–Kier alpha value is -3.88. The van der Waals surface area contributed by atoms with Crippen LogP contribution < -0.4 is 11.4 Å². The topological polar surface area (TPSA) is 306 Å². The van der Waals surface area contributed by atoms with Gasteiger partial charge in [-0.05, 0) is 50.5 Å². The number of allylic oxidation sites excluding steroid dienone is 8. The minimum Gasteiger partial charge on any atom is -0.462 e. The molecule has 1 aliphatic rings. The van der Waals surface area contributed by atoms with E-state index in [0.29, 0.717) is 32.1 Å². The number of anilines is 1. The number of aromatic nitrogens is 2. The quantitative estimate of drug-likeness (QED) is 0.0105. The van der Waals surface area contributed by atoms with Crippen LogP contribution in [0, 0.1) is 5.92 Å². The van der Waals surface area contributed by atoms with Crippen LogP contribution in [0.5, 0.6) is 0 Å². The monoisotopic (exact) mass is 1140 g/mol. The van der Waals surface area contributed by atoms with Gasteiger partial charge in [-0.2, -0.15) is 9.29 Å². The number of phosphoric ester groups is 2. The maximum Gasteiger partial charge on any atom is 0.481 e. The largest absolute Gasteiger partial charge is 0.481 e.